The summed E-state index contributed by atoms with van der Waals surface area (Å²) in [6, 6.07) is 7.72. The van der Waals surface area contributed by atoms with Crippen LogP contribution >= 0.6 is 0 Å². The first-order valence-electron chi connectivity index (χ1n) is 4.86. The van der Waals surface area contributed by atoms with E-state index in [1.165, 1.54) is 0 Å². The second-order valence-corrected chi connectivity index (χ2v) is 3.75. The van der Waals surface area contributed by atoms with Crippen LogP contribution in [0.4, 0.5) is 5.69 Å². The molecule has 1 aromatic rings. The quantitative estimate of drug-likeness (QED) is 0.633. The van der Waals surface area contributed by atoms with E-state index in [0.29, 0.717) is 18.3 Å². The fourth-order valence-corrected chi connectivity index (χ4v) is 1.23. The lowest BCUT2D eigenvalue weighted by molar-refractivity contribution is 0.171. The molecule has 3 nitrogen and oxygen atoms in total. The van der Waals surface area contributed by atoms with Crippen LogP contribution in [0.5, 0.6) is 0 Å². The van der Waals surface area contributed by atoms with Crippen molar-refractivity contribution in [1.29, 1.82) is 0 Å². The maximum atomic E-state index is 9.78. The lowest BCUT2D eigenvalue weighted by atomic mass is 10.1. The molecule has 0 bridgehead atoms. The Kier molecular flexibility index (Phi) is 3.92. The van der Waals surface area contributed by atoms with E-state index in [1.54, 1.807) is 6.07 Å². The Morgan fingerprint density at radius 1 is 1.43 bits per heavy atom. The molecular formula is C11H18N2O. The van der Waals surface area contributed by atoms with E-state index in [4.69, 9.17) is 5.73 Å². The number of rotatable bonds is 4. The second kappa shape index (κ2) is 4.98. The number of hydrogen-bond acceptors (Lipinski definition) is 3. The van der Waals surface area contributed by atoms with Gasteiger partial charge in [-0.15, -0.1) is 0 Å². The number of nitrogens with one attached hydrogen (secondary N) is 1. The molecule has 0 saturated carbocycles. The lowest BCUT2D eigenvalue weighted by Gasteiger charge is -2.14. The molecule has 1 rings (SSSR count). The predicted octanol–water partition coefficient (Wildman–Crippen LogP) is 1.30. The van der Waals surface area contributed by atoms with E-state index in [9.17, 15) is 5.11 Å². The molecule has 1 unspecified atom stereocenters. The summed E-state index contributed by atoms with van der Waals surface area (Å²) in [4.78, 5) is 0. The average Bonchev–Trinajstić information content (AvgIpc) is 2.14. The van der Waals surface area contributed by atoms with Crippen molar-refractivity contribution in [3.8, 4) is 0 Å². The van der Waals surface area contributed by atoms with E-state index in [0.717, 1.165) is 5.56 Å². The molecule has 14 heavy (non-hydrogen) atoms. The number of aliphatic hydroxyl groups is 1. The van der Waals surface area contributed by atoms with Crippen LogP contribution in [0.15, 0.2) is 24.3 Å². The summed E-state index contributed by atoms with van der Waals surface area (Å²) in [5.41, 5.74) is 7.17. The van der Waals surface area contributed by atoms with Gasteiger partial charge in [-0.05, 0) is 17.7 Å². The Hall–Kier alpha value is -1.06. The zero-order valence-electron chi connectivity index (χ0n) is 8.70. The van der Waals surface area contributed by atoms with Crippen LogP contribution in [0.25, 0.3) is 0 Å². The monoisotopic (exact) mass is 194 g/mol. The molecule has 0 aromatic heterocycles. The van der Waals surface area contributed by atoms with Gasteiger partial charge < -0.3 is 16.2 Å². The van der Waals surface area contributed by atoms with Crippen LogP contribution in [0.1, 0.15) is 25.5 Å². The van der Waals surface area contributed by atoms with Crippen LogP contribution in [-0.2, 0) is 0 Å². The summed E-state index contributed by atoms with van der Waals surface area (Å²) in [5.74, 6) is 0. The van der Waals surface area contributed by atoms with Gasteiger partial charge in [0.1, 0.15) is 0 Å². The molecule has 4 N–H and O–H groups in total. The third kappa shape index (κ3) is 3.36. The fraction of sp³-hybridized carbons (Fsp3) is 0.455. The molecule has 1 aromatic carbocycles. The summed E-state index contributed by atoms with van der Waals surface area (Å²) in [6.07, 6.45) is -0.485. The van der Waals surface area contributed by atoms with Gasteiger partial charge in [-0.2, -0.15) is 0 Å². The van der Waals surface area contributed by atoms with E-state index >= 15 is 0 Å². The molecule has 0 aliphatic carbocycles. The molecule has 0 amide bonds. The number of anilines is 1. The van der Waals surface area contributed by atoms with Crippen molar-refractivity contribution in [2.24, 2.45) is 0 Å². The van der Waals surface area contributed by atoms with Crippen LogP contribution in [0.2, 0.25) is 0 Å². The van der Waals surface area contributed by atoms with Crippen molar-refractivity contribution in [1.82, 2.24) is 5.32 Å². The number of nitrogen functional groups attached to an aromatic ring is 1. The maximum Gasteiger partial charge on any atom is 0.0915 e. The van der Waals surface area contributed by atoms with Gasteiger partial charge in [-0.25, -0.2) is 0 Å². The van der Waals surface area contributed by atoms with Crippen molar-refractivity contribution in [3.63, 3.8) is 0 Å². The molecule has 0 heterocycles. The predicted molar refractivity (Wildman–Crippen MR) is 59.0 cm³/mol. The van der Waals surface area contributed by atoms with Crippen molar-refractivity contribution in [2.45, 2.75) is 26.0 Å². The molecule has 78 valence electrons. The Morgan fingerprint density at radius 3 is 2.71 bits per heavy atom. The van der Waals surface area contributed by atoms with Gasteiger partial charge in [0.2, 0.25) is 0 Å². The second-order valence-electron chi connectivity index (χ2n) is 3.75. The first-order chi connectivity index (χ1) is 6.59. The zero-order chi connectivity index (χ0) is 10.6. The zero-order valence-corrected chi connectivity index (χ0v) is 8.70. The van der Waals surface area contributed by atoms with Crippen LogP contribution < -0.4 is 11.1 Å². The third-order valence-electron chi connectivity index (χ3n) is 2.01. The fourth-order valence-electron chi connectivity index (χ4n) is 1.23. The van der Waals surface area contributed by atoms with Gasteiger partial charge in [0.15, 0.2) is 0 Å². The Balaban J connectivity index is 2.56. The summed E-state index contributed by atoms with van der Waals surface area (Å²) in [7, 11) is 0. The van der Waals surface area contributed by atoms with Gasteiger partial charge in [-0.1, -0.05) is 26.0 Å². The van der Waals surface area contributed by atoms with Crippen molar-refractivity contribution < 1.29 is 5.11 Å². The van der Waals surface area contributed by atoms with Gasteiger partial charge >= 0.3 is 0 Å². The highest BCUT2D eigenvalue weighted by molar-refractivity contribution is 5.41. The Bertz CT molecular complexity index is 286. The van der Waals surface area contributed by atoms with Crippen LogP contribution in [0, 0.1) is 0 Å². The number of benzene rings is 1. The molecule has 0 aliphatic rings. The third-order valence-corrected chi connectivity index (χ3v) is 2.01. The number of aliphatic hydroxyl groups excluding tert-OH is 1. The van der Waals surface area contributed by atoms with Crippen molar-refractivity contribution in [3.05, 3.63) is 29.8 Å². The van der Waals surface area contributed by atoms with E-state index in [1.807, 2.05) is 32.0 Å². The van der Waals surface area contributed by atoms with E-state index in [-0.39, 0.29) is 0 Å². The minimum Gasteiger partial charge on any atom is -0.399 e. The van der Waals surface area contributed by atoms with Crippen molar-refractivity contribution in [2.75, 3.05) is 12.3 Å². The van der Waals surface area contributed by atoms with E-state index in [2.05, 4.69) is 5.32 Å². The number of nitrogens with two attached hydrogens (primary N) is 1. The summed E-state index contributed by atoms with van der Waals surface area (Å²) >= 11 is 0. The average molecular weight is 194 g/mol. The molecule has 0 fully saturated rings. The highest BCUT2D eigenvalue weighted by Gasteiger charge is 2.07. The highest BCUT2D eigenvalue weighted by Crippen LogP contribution is 2.14. The Morgan fingerprint density at radius 2 is 2.14 bits per heavy atom. The normalized spacial score (nSPS) is 13.1. The summed E-state index contributed by atoms with van der Waals surface area (Å²) in [6.45, 7) is 4.65. The standard InChI is InChI=1S/C11H18N2O/c1-8(2)13-7-11(14)9-4-3-5-10(12)6-9/h3-6,8,11,13-14H,7,12H2,1-2H3. The SMILES string of the molecule is CC(C)NCC(O)c1cccc(N)c1. The first-order valence-corrected chi connectivity index (χ1v) is 4.86. The smallest absolute Gasteiger partial charge is 0.0915 e. The molecule has 0 spiro atoms. The lowest BCUT2D eigenvalue weighted by Crippen LogP contribution is -2.27. The molecule has 0 radical (unpaired) electrons. The molecule has 0 saturated heterocycles. The van der Waals surface area contributed by atoms with Gasteiger partial charge in [-0.3, -0.25) is 0 Å². The highest BCUT2D eigenvalue weighted by atomic mass is 16.3. The molecule has 3 heteroatoms. The van der Waals surface area contributed by atoms with Crippen LogP contribution in [-0.4, -0.2) is 17.7 Å². The molecule has 0 aliphatic heterocycles. The Labute approximate surface area is 84.9 Å². The van der Waals surface area contributed by atoms with Crippen LogP contribution in [0.3, 0.4) is 0 Å². The molecular weight excluding hydrogens is 176 g/mol. The van der Waals surface area contributed by atoms with Gasteiger partial charge in [0, 0.05) is 18.3 Å². The topological polar surface area (TPSA) is 58.3 Å². The maximum absolute atomic E-state index is 9.78. The van der Waals surface area contributed by atoms with Gasteiger partial charge in [0.05, 0.1) is 6.10 Å². The minimum atomic E-state index is -0.485. The van der Waals surface area contributed by atoms with Gasteiger partial charge in [0.25, 0.3) is 0 Å². The van der Waals surface area contributed by atoms with E-state index < -0.39 is 6.10 Å². The number of hydrogen-bond donors (Lipinski definition) is 3. The summed E-state index contributed by atoms with van der Waals surface area (Å²) in [5, 5.41) is 12.9. The van der Waals surface area contributed by atoms with Crippen molar-refractivity contribution >= 4 is 5.69 Å². The first kappa shape index (κ1) is 11.0. The largest absolute Gasteiger partial charge is 0.399 e. The molecule has 1 atom stereocenters. The minimum absolute atomic E-state index is 0.380. The summed E-state index contributed by atoms with van der Waals surface area (Å²) < 4.78 is 0.